The Morgan fingerprint density at radius 2 is 2.00 bits per heavy atom. The molecule has 0 aromatic heterocycles. The summed E-state index contributed by atoms with van der Waals surface area (Å²) in [5.41, 5.74) is 0.607. The lowest BCUT2D eigenvalue weighted by molar-refractivity contribution is -0.142. The Morgan fingerprint density at radius 1 is 1.33 bits per heavy atom. The van der Waals surface area contributed by atoms with Crippen LogP contribution in [0.4, 0.5) is 14.5 Å². The number of anilines is 1. The third-order valence-corrected chi connectivity index (χ3v) is 9.13. The lowest BCUT2D eigenvalue weighted by Gasteiger charge is -2.33. The van der Waals surface area contributed by atoms with Crippen LogP contribution in [-0.4, -0.2) is 56.6 Å². The van der Waals surface area contributed by atoms with Gasteiger partial charge in [0.1, 0.15) is 12.4 Å². The van der Waals surface area contributed by atoms with E-state index in [-0.39, 0.29) is 36.1 Å². The first kappa shape index (κ1) is 26.1. The summed E-state index contributed by atoms with van der Waals surface area (Å²) < 4.78 is 59.7. The van der Waals surface area contributed by atoms with E-state index in [0.29, 0.717) is 18.0 Å². The summed E-state index contributed by atoms with van der Waals surface area (Å²) in [4.78, 5) is 14.2. The Hall–Kier alpha value is -1.55. The molecule has 10 heteroatoms. The van der Waals surface area contributed by atoms with Gasteiger partial charge in [-0.15, -0.1) is 11.8 Å². The van der Waals surface area contributed by atoms with Gasteiger partial charge in [0, 0.05) is 25.1 Å². The molecule has 0 bridgehead atoms. The lowest BCUT2D eigenvalue weighted by atomic mass is 10.0. The molecule has 2 atom stereocenters. The SMILES string of the molecule is CSc1cc2c(cc1OC[C@@H](C)C(=O)O)S(=O)(=O)C[C@@H](CCC(C)(F)F)CN2C1CCCC1. The van der Waals surface area contributed by atoms with Gasteiger partial charge in [-0.1, -0.05) is 12.8 Å². The van der Waals surface area contributed by atoms with Crippen LogP contribution in [0.25, 0.3) is 0 Å². The van der Waals surface area contributed by atoms with Crippen molar-refractivity contribution in [3.8, 4) is 5.75 Å². The summed E-state index contributed by atoms with van der Waals surface area (Å²) in [5.74, 6) is -4.83. The first-order valence-corrected chi connectivity index (χ1v) is 14.2. The van der Waals surface area contributed by atoms with Gasteiger partial charge in [-0.3, -0.25) is 4.79 Å². The van der Waals surface area contributed by atoms with Crippen molar-refractivity contribution < 1.29 is 31.8 Å². The largest absolute Gasteiger partial charge is 0.491 e. The van der Waals surface area contributed by atoms with Crippen LogP contribution in [0.1, 0.15) is 52.4 Å². The van der Waals surface area contributed by atoms with Gasteiger partial charge >= 0.3 is 5.97 Å². The average molecular weight is 506 g/mol. The molecule has 0 amide bonds. The van der Waals surface area contributed by atoms with Gasteiger partial charge in [0.25, 0.3) is 0 Å². The molecule has 1 aliphatic carbocycles. The monoisotopic (exact) mass is 505 g/mol. The van der Waals surface area contributed by atoms with Gasteiger partial charge in [0.05, 0.1) is 27.1 Å². The molecule has 3 rings (SSSR count). The zero-order valence-corrected chi connectivity index (χ0v) is 21.0. The van der Waals surface area contributed by atoms with Gasteiger partial charge < -0.3 is 14.7 Å². The maximum atomic E-state index is 13.6. The molecular weight excluding hydrogens is 472 g/mol. The Labute approximate surface area is 199 Å². The molecular formula is C23H33F2NO5S2. The minimum Gasteiger partial charge on any atom is -0.491 e. The van der Waals surface area contributed by atoms with Crippen molar-refractivity contribution >= 4 is 33.3 Å². The van der Waals surface area contributed by atoms with Crippen LogP contribution in [0.3, 0.4) is 0 Å². The van der Waals surface area contributed by atoms with Crippen molar-refractivity contribution in [3.05, 3.63) is 12.1 Å². The third kappa shape index (κ3) is 6.53. The Bertz CT molecular complexity index is 958. The number of fused-ring (bicyclic) bond motifs is 1. The first-order chi connectivity index (χ1) is 15.4. The third-order valence-electron chi connectivity index (χ3n) is 6.47. The number of hydrogen-bond acceptors (Lipinski definition) is 6. The standard InChI is InChI=1S/C23H33F2NO5S2/c1-15(22(27)28)13-31-19-11-21-18(10-20(19)32-3)26(17-6-4-5-7-17)12-16(14-33(21,29)30)8-9-23(2,24)25/h10-11,15-17H,4-9,12-14H2,1-3H3,(H,27,28)/t15-,16+/m1/s1. The Kier molecular flexibility index (Phi) is 8.19. The maximum Gasteiger partial charge on any atom is 0.309 e. The van der Waals surface area contributed by atoms with Gasteiger partial charge in [-0.2, -0.15) is 0 Å². The second-order valence-electron chi connectivity index (χ2n) is 9.37. The second kappa shape index (κ2) is 10.4. The van der Waals surface area contributed by atoms with Crippen molar-refractivity contribution in [1.29, 1.82) is 0 Å². The molecule has 1 saturated carbocycles. The molecule has 0 saturated heterocycles. The number of alkyl halides is 2. The van der Waals surface area contributed by atoms with E-state index < -0.39 is 33.6 Å². The van der Waals surface area contributed by atoms with Crippen molar-refractivity contribution in [3.63, 3.8) is 0 Å². The van der Waals surface area contributed by atoms with E-state index in [0.717, 1.165) is 37.5 Å². The minimum absolute atomic E-state index is 0.0811. The van der Waals surface area contributed by atoms with Gasteiger partial charge in [0.2, 0.25) is 5.92 Å². The van der Waals surface area contributed by atoms with Crippen LogP contribution in [0, 0.1) is 11.8 Å². The predicted molar refractivity (Wildman–Crippen MR) is 126 cm³/mol. The van der Waals surface area contributed by atoms with Crippen molar-refractivity contribution in [2.45, 2.75) is 74.1 Å². The number of carbonyl (C=O) groups is 1. The van der Waals surface area contributed by atoms with Crippen molar-refractivity contribution in [1.82, 2.24) is 0 Å². The Morgan fingerprint density at radius 3 is 2.58 bits per heavy atom. The van der Waals surface area contributed by atoms with Crippen molar-refractivity contribution in [2.75, 3.05) is 30.1 Å². The number of ether oxygens (including phenoxy) is 1. The molecule has 1 fully saturated rings. The number of benzene rings is 1. The quantitative estimate of drug-likeness (QED) is 0.468. The number of hydrogen-bond donors (Lipinski definition) is 1. The molecule has 1 aliphatic heterocycles. The fourth-order valence-electron chi connectivity index (χ4n) is 4.59. The van der Waals surface area contributed by atoms with Gasteiger partial charge in [-0.25, -0.2) is 17.2 Å². The second-order valence-corrected chi connectivity index (χ2v) is 12.2. The van der Waals surface area contributed by atoms with Crippen LogP contribution in [0.15, 0.2) is 21.9 Å². The summed E-state index contributed by atoms with van der Waals surface area (Å²) >= 11 is 1.40. The highest BCUT2D eigenvalue weighted by atomic mass is 32.2. The van der Waals surface area contributed by atoms with Crippen LogP contribution >= 0.6 is 11.8 Å². The number of rotatable bonds is 9. The molecule has 0 radical (unpaired) electrons. The molecule has 1 aromatic carbocycles. The molecule has 186 valence electrons. The average Bonchev–Trinajstić information content (AvgIpc) is 3.23. The van der Waals surface area contributed by atoms with E-state index >= 15 is 0 Å². The zero-order valence-electron chi connectivity index (χ0n) is 19.4. The van der Waals surface area contributed by atoms with Gasteiger partial charge in [0.15, 0.2) is 9.84 Å². The highest BCUT2D eigenvalue weighted by Crippen LogP contribution is 2.43. The number of sulfone groups is 1. The normalized spacial score (nSPS) is 22.0. The number of halogens is 2. The number of carboxylic acid groups (broad SMARTS) is 1. The Balaban J connectivity index is 2.02. The molecule has 1 N–H and O–H groups in total. The number of aliphatic carboxylic acids is 1. The van der Waals surface area contributed by atoms with E-state index in [1.165, 1.54) is 24.8 Å². The molecule has 6 nitrogen and oxygen atoms in total. The van der Waals surface area contributed by atoms with Crippen LogP contribution in [-0.2, 0) is 14.6 Å². The topological polar surface area (TPSA) is 83.9 Å². The van der Waals surface area contributed by atoms with Crippen molar-refractivity contribution in [2.24, 2.45) is 11.8 Å². The fourth-order valence-corrected chi connectivity index (χ4v) is 6.99. The molecule has 1 aromatic rings. The molecule has 2 aliphatic rings. The predicted octanol–water partition coefficient (Wildman–Crippen LogP) is 5.10. The summed E-state index contributed by atoms with van der Waals surface area (Å²) in [7, 11) is -3.75. The smallest absolute Gasteiger partial charge is 0.309 e. The number of thioether (sulfide) groups is 1. The first-order valence-electron chi connectivity index (χ1n) is 11.4. The highest BCUT2D eigenvalue weighted by molar-refractivity contribution is 7.98. The summed E-state index contributed by atoms with van der Waals surface area (Å²) in [6.45, 7) is 2.74. The summed E-state index contributed by atoms with van der Waals surface area (Å²) in [6, 6.07) is 3.49. The molecule has 0 spiro atoms. The van der Waals surface area contributed by atoms with E-state index in [2.05, 4.69) is 4.90 Å². The highest BCUT2D eigenvalue weighted by Gasteiger charge is 2.37. The fraction of sp³-hybridized carbons (Fsp3) is 0.696. The molecule has 33 heavy (non-hydrogen) atoms. The summed E-state index contributed by atoms with van der Waals surface area (Å²) in [5, 5.41) is 9.15. The number of nitrogens with zero attached hydrogens (tertiary/aromatic N) is 1. The van der Waals surface area contributed by atoms with E-state index in [1.54, 1.807) is 0 Å². The maximum absolute atomic E-state index is 13.6. The van der Waals surface area contributed by atoms with Gasteiger partial charge in [-0.05, 0) is 51.3 Å². The van der Waals surface area contributed by atoms with E-state index in [4.69, 9.17) is 9.84 Å². The van der Waals surface area contributed by atoms with Crippen LogP contribution in [0.2, 0.25) is 0 Å². The zero-order chi connectivity index (χ0) is 24.4. The number of carboxylic acids is 1. The van der Waals surface area contributed by atoms with Crippen LogP contribution in [0.5, 0.6) is 5.75 Å². The molecule has 0 unspecified atom stereocenters. The van der Waals surface area contributed by atoms with E-state index in [9.17, 15) is 22.0 Å². The van der Waals surface area contributed by atoms with Crippen LogP contribution < -0.4 is 9.64 Å². The summed E-state index contributed by atoms with van der Waals surface area (Å²) in [6.07, 6.45) is 5.65. The minimum atomic E-state index is -3.75. The molecule has 1 heterocycles. The van der Waals surface area contributed by atoms with E-state index in [1.807, 2.05) is 12.3 Å². The lowest BCUT2D eigenvalue weighted by Crippen LogP contribution is -2.37.